The second kappa shape index (κ2) is 8.73. The molecule has 2 aromatic rings. The van der Waals surface area contributed by atoms with Crippen LogP contribution >= 0.6 is 0 Å². The summed E-state index contributed by atoms with van der Waals surface area (Å²) in [5.74, 6) is -0.193. The number of nitrogens with one attached hydrogen (secondary N) is 1. The van der Waals surface area contributed by atoms with Crippen LogP contribution in [0.2, 0.25) is 0 Å². The second-order valence-electron chi connectivity index (χ2n) is 5.71. The number of hydrogen-bond acceptors (Lipinski definition) is 4. The standard InChI is InChI=1S/C19H21NO5/c1-13(2)25-17-9-4-3-6-14(17)10-18(21)20-15-7-5-8-16(11-15)24-12-19(22)23/h3-9,11,13H,10,12H2,1-2H3,(H,20,21)(H,22,23). The number of carbonyl (C=O) groups excluding carboxylic acids is 1. The predicted octanol–water partition coefficient (Wildman–Crippen LogP) is 3.12. The highest BCUT2D eigenvalue weighted by atomic mass is 16.5. The maximum absolute atomic E-state index is 12.3. The smallest absolute Gasteiger partial charge is 0.341 e. The van der Waals surface area contributed by atoms with Crippen LogP contribution in [0.25, 0.3) is 0 Å². The monoisotopic (exact) mass is 343 g/mol. The van der Waals surface area contributed by atoms with Gasteiger partial charge in [-0.05, 0) is 32.0 Å². The average Bonchev–Trinajstić information content (AvgIpc) is 2.54. The Morgan fingerprint density at radius 1 is 1.12 bits per heavy atom. The summed E-state index contributed by atoms with van der Waals surface area (Å²) in [6, 6.07) is 14.0. The van der Waals surface area contributed by atoms with Crippen LogP contribution < -0.4 is 14.8 Å². The van der Waals surface area contributed by atoms with Crippen LogP contribution in [0.4, 0.5) is 5.69 Å². The van der Waals surface area contributed by atoms with Gasteiger partial charge in [0, 0.05) is 17.3 Å². The molecule has 0 spiro atoms. The van der Waals surface area contributed by atoms with E-state index in [4.69, 9.17) is 14.6 Å². The molecular weight excluding hydrogens is 322 g/mol. The molecule has 0 aliphatic rings. The molecule has 1 amide bonds. The van der Waals surface area contributed by atoms with Crippen molar-refractivity contribution in [2.75, 3.05) is 11.9 Å². The van der Waals surface area contributed by atoms with Crippen molar-refractivity contribution < 1.29 is 24.2 Å². The maximum Gasteiger partial charge on any atom is 0.341 e. The minimum Gasteiger partial charge on any atom is -0.491 e. The van der Waals surface area contributed by atoms with Crippen molar-refractivity contribution in [3.63, 3.8) is 0 Å². The Hall–Kier alpha value is -3.02. The number of carboxylic acids is 1. The number of anilines is 1. The van der Waals surface area contributed by atoms with Crippen LogP contribution in [0.1, 0.15) is 19.4 Å². The van der Waals surface area contributed by atoms with Gasteiger partial charge in [0.05, 0.1) is 12.5 Å². The molecule has 0 saturated heterocycles. The normalized spacial score (nSPS) is 10.4. The van der Waals surface area contributed by atoms with Crippen molar-refractivity contribution in [2.24, 2.45) is 0 Å². The molecule has 0 saturated carbocycles. The van der Waals surface area contributed by atoms with Gasteiger partial charge in [0.15, 0.2) is 6.61 Å². The zero-order valence-corrected chi connectivity index (χ0v) is 14.2. The summed E-state index contributed by atoms with van der Waals surface area (Å²) in [5.41, 5.74) is 1.34. The van der Waals surface area contributed by atoms with Gasteiger partial charge in [0.25, 0.3) is 0 Å². The van der Waals surface area contributed by atoms with Crippen LogP contribution in [0.15, 0.2) is 48.5 Å². The van der Waals surface area contributed by atoms with Crippen LogP contribution in [-0.4, -0.2) is 29.7 Å². The van der Waals surface area contributed by atoms with E-state index in [1.54, 1.807) is 24.3 Å². The van der Waals surface area contributed by atoms with Gasteiger partial charge in [-0.1, -0.05) is 24.3 Å². The fourth-order valence-electron chi connectivity index (χ4n) is 2.21. The maximum atomic E-state index is 12.3. The van der Waals surface area contributed by atoms with Crippen molar-refractivity contribution in [3.8, 4) is 11.5 Å². The quantitative estimate of drug-likeness (QED) is 0.769. The molecule has 2 rings (SSSR count). The number of aliphatic carboxylic acids is 1. The number of hydrogen-bond donors (Lipinski definition) is 2. The molecule has 132 valence electrons. The second-order valence-corrected chi connectivity index (χ2v) is 5.71. The van der Waals surface area contributed by atoms with Gasteiger partial charge in [0.1, 0.15) is 11.5 Å². The van der Waals surface area contributed by atoms with E-state index in [0.717, 1.165) is 5.56 Å². The van der Waals surface area contributed by atoms with Gasteiger partial charge in [-0.25, -0.2) is 4.79 Å². The average molecular weight is 343 g/mol. The van der Waals surface area contributed by atoms with Gasteiger partial charge in [-0.3, -0.25) is 4.79 Å². The fourth-order valence-corrected chi connectivity index (χ4v) is 2.21. The van der Waals surface area contributed by atoms with E-state index in [-0.39, 0.29) is 18.4 Å². The summed E-state index contributed by atoms with van der Waals surface area (Å²) in [4.78, 5) is 22.8. The van der Waals surface area contributed by atoms with E-state index in [9.17, 15) is 9.59 Å². The number of amides is 1. The summed E-state index contributed by atoms with van der Waals surface area (Å²) in [7, 11) is 0. The molecule has 0 aliphatic heterocycles. The number of benzene rings is 2. The summed E-state index contributed by atoms with van der Waals surface area (Å²) in [6.45, 7) is 3.43. The van der Waals surface area contributed by atoms with E-state index < -0.39 is 12.6 Å². The lowest BCUT2D eigenvalue weighted by Crippen LogP contribution is -2.16. The molecular formula is C19H21NO5. The van der Waals surface area contributed by atoms with Gasteiger partial charge >= 0.3 is 5.97 Å². The summed E-state index contributed by atoms with van der Waals surface area (Å²) < 4.78 is 10.8. The van der Waals surface area contributed by atoms with Gasteiger partial charge in [-0.15, -0.1) is 0 Å². The molecule has 0 aliphatic carbocycles. The molecule has 25 heavy (non-hydrogen) atoms. The minimum absolute atomic E-state index is 0.0206. The lowest BCUT2D eigenvalue weighted by atomic mass is 10.1. The largest absolute Gasteiger partial charge is 0.491 e. The van der Waals surface area contributed by atoms with E-state index in [0.29, 0.717) is 17.2 Å². The zero-order valence-electron chi connectivity index (χ0n) is 14.2. The van der Waals surface area contributed by atoms with Gasteiger partial charge in [0.2, 0.25) is 5.91 Å². The molecule has 0 unspecified atom stereocenters. The predicted molar refractivity (Wildman–Crippen MR) is 94.1 cm³/mol. The Labute approximate surface area is 146 Å². The molecule has 0 radical (unpaired) electrons. The Bertz CT molecular complexity index is 742. The van der Waals surface area contributed by atoms with Gasteiger partial charge in [-0.2, -0.15) is 0 Å². The molecule has 2 aromatic carbocycles. The number of carbonyl (C=O) groups is 2. The lowest BCUT2D eigenvalue weighted by molar-refractivity contribution is -0.139. The molecule has 6 heteroatoms. The third-order valence-corrected chi connectivity index (χ3v) is 3.17. The van der Waals surface area contributed by atoms with Crippen LogP contribution in [0.3, 0.4) is 0 Å². The summed E-state index contributed by atoms with van der Waals surface area (Å²) in [6.07, 6.45) is 0.190. The third-order valence-electron chi connectivity index (χ3n) is 3.17. The van der Waals surface area contributed by atoms with Crippen molar-refractivity contribution in [1.82, 2.24) is 0 Å². The van der Waals surface area contributed by atoms with Crippen LogP contribution in [0, 0.1) is 0 Å². The first-order valence-corrected chi connectivity index (χ1v) is 7.93. The minimum atomic E-state index is -1.06. The Kier molecular flexibility index (Phi) is 6.39. The number of carboxylic acid groups (broad SMARTS) is 1. The SMILES string of the molecule is CC(C)Oc1ccccc1CC(=O)Nc1cccc(OCC(=O)O)c1. The highest BCUT2D eigenvalue weighted by Crippen LogP contribution is 2.21. The molecule has 2 N–H and O–H groups in total. The molecule has 6 nitrogen and oxygen atoms in total. The van der Waals surface area contributed by atoms with Crippen molar-refractivity contribution in [2.45, 2.75) is 26.4 Å². The zero-order chi connectivity index (χ0) is 18.2. The molecule has 0 aromatic heterocycles. The Balaban J connectivity index is 2.01. The third kappa shape index (κ3) is 6.18. The highest BCUT2D eigenvalue weighted by Gasteiger charge is 2.10. The molecule has 0 heterocycles. The molecule has 0 bridgehead atoms. The van der Waals surface area contributed by atoms with E-state index in [1.807, 2.05) is 38.1 Å². The summed E-state index contributed by atoms with van der Waals surface area (Å²) >= 11 is 0. The first-order chi connectivity index (χ1) is 11.9. The van der Waals surface area contributed by atoms with Crippen LogP contribution in [-0.2, 0) is 16.0 Å². The Morgan fingerprint density at radius 2 is 1.88 bits per heavy atom. The first-order valence-electron chi connectivity index (χ1n) is 7.93. The van der Waals surface area contributed by atoms with E-state index in [1.165, 1.54) is 0 Å². The number of rotatable bonds is 8. The highest BCUT2D eigenvalue weighted by molar-refractivity contribution is 5.92. The first kappa shape index (κ1) is 18.3. The fraction of sp³-hybridized carbons (Fsp3) is 0.263. The van der Waals surface area contributed by atoms with Crippen molar-refractivity contribution >= 4 is 17.6 Å². The molecule has 0 fully saturated rings. The molecule has 0 atom stereocenters. The van der Waals surface area contributed by atoms with E-state index in [2.05, 4.69) is 5.32 Å². The topological polar surface area (TPSA) is 84.9 Å². The van der Waals surface area contributed by atoms with Gasteiger partial charge < -0.3 is 19.9 Å². The number of para-hydroxylation sites is 1. The van der Waals surface area contributed by atoms with Crippen LogP contribution in [0.5, 0.6) is 11.5 Å². The van der Waals surface area contributed by atoms with Crippen molar-refractivity contribution in [1.29, 1.82) is 0 Å². The lowest BCUT2D eigenvalue weighted by Gasteiger charge is -2.14. The Morgan fingerprint density at radius 3 is 2.60 bits per heavy atom. The number of ether oxygens (including phenoxy) is 2. The summed E-state index contributed by atoms with van der Waals surface area (Å²) in [5, 5.41) is 11.4. The van der Waals surface area contributed by atoms with Crippen molar-refractivity contribution in [3.05, 3.63) is 54.1 Å². The van der Waals surface area contributed by atoms with E-state index >= 15 is 0 Å².